The van der Waals surface area contributed by atoms with Crippen LogP contribution >= 0.6 is 0 Å². The van der Waals surface area contributed by atoms with Gasteiger partial charge in [-0.15, -0.1) is 0 Å². The van der Waals surface area contributed by atoms with Gasteiger partial charge >= 0.3 is 0 Å². The van der Waals surface area contributed by atoms with Gasteiger partial charge in [0, 0.05) is 72.5 Å². The Labute approximate surface area is 345 Å². The van der Waals surface area contributed by atoms with Crippen LogP contribution in [0.2, 0.25) is 0 Å². The lowest BCUT2D eigenvalue weighted by Gasteiger charge is -2.33. The molecule has 3 amide bonds. The molecule has 2 fully saturated rings. The van der Waals surface area contributed by atoms with Gasteiger partial charge in [-0.25, -0.2) is 15.0 Å². The topological polar surface area (TPSA) is 171 Å². The van der Waals surface area contributed by atoms with Crippen molar-refractivity contribution < 1.29 is 28.3 Å². The van der Waals surface area contributed by atoms with Gasteiger partial charge in [-0.2, -0.15) is 0 Å². The van der Waals surface area contributed by atoms with Crippen LogP contribution < -0.4 is 25.8 Å². The van der Waals surface area contributed by atoms with Crippen molar-refractivity contribution in [3.63, 3.8) is 0 Å². The number of rotatable bonds is 7. The highest BCUT2D eigenvalue weighted by atomic mass is 16.5. The molecule has 3 aliphatic rings. The molecule has 2 aromatic carbocycles. The number of fused-ring (bicyclic) bond motifs is 3. The molecule has 1 unspecified atom stereocenters. The number of amides is 3. The summed E-state index contributed by atoms with van der Waals surface area (Å²) in [7, 11) is 3.32. The Balaban J connectivity index is 0.931. The summed E-state index contributed by atoms with van der Waals surface area (Å²) in [5, 5.41) is 6.95. The van der Waals surface area contributed by atoms with Crippen LogP contribution in [0.1, 0.15) is 82.4 Å². The van der Waals surface area contributed by atoms with Gasteiger partial charge in [0.1, 0.15) is 5.58 Å². The Bertz CT molecular complexity index is 2850. The number of carbonyl (C=O) groups excluding carboxylic acids is 3. The van der Waals surface area contributed by atoms with E-state index in [1.165, 1.54) is 12.7 Å². The van der Waals surface area contributed by atoms with Crippen LogP contribution in [0.5, 0.6) is 5.75 Å². The molecule has 9 rings (SSSR count). The van der Waals surface area contributed by atoms with Crippen LogP contribution in [0, 0.1) is 18.8 Å². The molecule has 0 saturated carbocycles. The number of anilines is 2. The highest BCUT2D eigenvalue weighted by Crippen LogP contribution is 2.41. The zero-order valence-corrected chi connectivity index (χ0v) is 33.6. The fourth-order valence-corrected chi connectivity index (χ4v) is 8.58. The van der Waals surface area contributed by atoms with E-state index in [2.05, 4.69) is 44.5 Å². The minimum atomic E-state index is -0.481. The third-order valence-electron chi connectivity index (χ3n) is 11.8. The molecule has 7 heterocycles. The third kappa shape index (κ3) is 7.26. The molecule has 14 heteroatoms. The number of imide groups is 1. The minimum absolute atomic E-state index is 0.00444. The maximum absolute atomic E-state index is 13.3. The Hall–Kier alpha value is -6.85. The third-order valence-corrected chi connectivity index (χ3v) is 11.8. The highest BCUT2D eigenvalue weighted by Gasteiger charge is 2.31. The molecule has 60 heavy (non-hydrogen) atoms. The molecule has 0 bridgehead atoms. The number of methoxy groups -OCH3 is 1. The maximum Gasteiger partial charge on any atom is 0.274 e. The number of aryl methyl sites for hydroxylation is 3. The lowest BCUT2D eigenvalue weighted by atomic mass is 9.89. The van der Waals surface area contributed by atoms with Gasteiger partial charge in [0.25, 0.3) is 11.5 Å². The first kappa shape index (κ1) is 38.7. The lowest BCUT2D eigenvalue weighted by molar-refractivity contribution is -0.134. The number of aromatic nitrogens is 4. The smallest absolute Gasteiger partial charge is 0.274 e. The van der Waals surface area contributed by atoms with E-state index in [0.717, 1.165) is 78.8 Å². The number of hydrogen-bond acceptors (Lipinski definition) is 11. The van der Waals surface area contributed by atoms with Crippen molar-refractivity contribution in [3.8, 4) is 29.0 Å². The number of hydrogen-bond donors (Lipinski definition) is 2. The zero-order chi connectivity index (χ0) is 41.5. The summed E-state index contributed by atoms with van der Waals surface area (Å²) < 4.78 is 18.7. The first-order chi connectivity index (χ1) is 29.2. The maximum atomic E-state index is 13.3. The molecule has 0 spiro atoms. The summed E-state index contributed by atoms with van der Waals surface area (Å²) in [5.74, 6) is 5.57. The van der Waals surface area contributed by atoms with Gasteiger partial charge in [-0.3, -0.25) is 24.5 Å². The number of furan rings is 1. The van der Waals surface area contributed by atoms with Gasteiger partial charge in [-0.05, 0) is 93.0 Å². The van der Waals surface area contributed by atoms with Crippen LogP contribution in [-0.4, -0.2) is 70.7 Å². The number of piperidine rings is 1. The first-order valence-electron chi connectivity index (χ1n) is 20.2. The number of pyridine rings is 2. The average Bonchev–Trinajstić information content (AvgIpc) is 3.69. The van der Waals surface area contributed by atoms with E-state index in [9.17, 15) is 19.2 Å². The molecule has 4 aromatic heterocycles. The molecule has 3 aliphatic heterocycles. The van der Waals surface area contributed by atoms with Crippen molar-refractivity contribution in [3.05, 3.63) is 105 Å². The number of nitrogens with zero attached hydrogens (tertiary/aromatic N) is 5. The minimum Gasteiger partial charge on any atom is -0.494 e. The van der Waals surface area contributed by atoms with E-state index in [1.807, 2.05) is 32.3 Å². The fraction of sp³-hybridized carbons (Fsp3) is 0.326. The van der Waals surface area contributed by atoms with Crippen LogP contribution in [0.15, 0.2) is 70.3 Å². The van der Waals surface area contributed by atoms with Crippen molar-refractivity contribution in [2.24, 2.45) is 7.05 Å². The molecule has 2 N–H and O–H groups in total. The number of ether oxygens (including phenoxy) is 2. The lowest BCUT2D eigenvalue weighted by Crippen LogP contribution is -2.39. The second-order valence-electron chi connectivity index (χ2n) is 15.5. The largest absolute Gasteiger partial charge is 0.494 e. The number of carbonyl (C=O) groups is 3. The number of benzene rings is 2. The van der Waals surface area contributed by atoms with Gasteiger partial charge < -0.3 is 28.7 Å². The molecular formula is C46H43N7O7. The molecule has 0 aliphatic carbocycles. The van der Waals surface area contributed by atoms with Gasteiger partial charge in [0.2, 0.25) is 11.8 Å². The van der Waals surface area contributed by atoms with Crippen molar-refractivity contribution in [1.29, 1.82) is 0 Å². The van der Waals surface area contributed by atoms with Crippen molar-refractivity contribution in [2.45, 2.75) is 57.3 Å². The quantitative estimate of drug-likeness (QED) is 0.149. The predicted octanol–water partition coefficient (Wildman–Crippen LogP) is 5.73. The Morgan fingerprint density at radius 2 is 1.85 bits per heavy atom. The standard InChI is InChI=1S/C46H43N7O7/c1-26-18-33-36(52(2)46(26)57)20-29(28-12-16-59-17-13-28)21-37(33)53-15-5-7-35-38(53)24-49-43(50-35)30-22-40(58-3)42(48-23-30)45(56)47-14-4-6-27-8-10-39-32(19-27)34(25-60-39)31-9-11-41(54)51-44(31)55/h8,10,18-25,28,31H,5,7,9,11-17H2,1-3H3,(H,47,56)(H,51,54,55). The van der Waals surface area contributed by atoms with Crippen molar-refractivity contribution in [1.82, 2.24) is 30.2 Å². The summed E-state index contributed by atoms with van der Waals surface area (Å²) in [4.78, 5) is 67.1. The van der Waals surface area contributed by atoms with Gasteiger partial charge in [0.05, 0.1) is 54.6 Å². The monoisotopic (exact) mass is 805 g/mol. The van der Waals surface area contributed by atoms with Crippen molar-refractivity contribution >= 4 is 51.0 Å². The Morgan fingerprint density at radius 3 is 2.67 bits per heavy atom. The summed E-state index contributed by atoms with van der Waals surface area (Å²) >= 11 is 0. The molecule has 304 valence electrons. The molecule has 6 aromatic rings. The molecular weight excluding hydrogens is 763 g/mol. The van der Waals surface area contributed by atoms with Gasteiger partial charge in [-0.1, -0.05) is 11.8 Å². The summed E-state index contributed by atoms with van der Waals surface area (Å²) in [6, 6.07) is 13.6. The fourth-order valence-electron chi connectivity index (χ4n) is 8.58. The van der Waals surface area contributed by atoms with Crippen molar-refractivity contribution in [2.75, 3.05) is 38.3 Å². The molecule has 14 nitrogen and oxygen atoms in total. The summed E-state index contributed by atoms with van der Waals surface area (Å²) in [5.41, 5.74) is 8.34. The zero-order valence-electron chi connectivity index (χ0n) is 33.6. The number of nitrogens with one attached hydrogen (secondary N) is 2. The molecule has 2 saturated heterocycles. The van der Waals surface area contributed by atoms with Crippen LogP contribution in [-0.2, 0) is 27.8 Å². The van der Waals surface area contributed by atoms with E-state index in [1.54, 1.807) is 35.2 Å². The summed E-state index contributed by atoms with van der Waals surface area (Å²) in [6.45, 7) is 4.12. The second kappa shape index (κ2) is 16.1. The van der Waals surface area contributed by atoms with Gasteiger partial charge in [0.15, 0.2) is 17.3 Å². The first-order valence-corrected chi connectivity index (χ1v) is 20.2. The van der Waals surface area contributed by atoms with E-state index < -0.39 is 11.8 Å². The van der Waals surface area contributed by atoms with E-state index >= 15 is 0 Å². The van der Waals surface area contributed by atoms with Crippen LogP contribution in [0.25, 0.3) is 33.3 Å². The highest BCUT2D eigenvalue weighted by molar-refractivity contribution is 6.03. The van der Waals surface area contributed by atoms with E-state index in [4.69, 9.17) is 23.9 Å². The van der Waals surface area contributed by atoms with E-state index in [-0.39, 0.29) is 41.8 Å². The summed E-state index contributed by atoms with van der Waals surface area (Å²) in [6.07, 6.45) is 9.16. The molecule has 0 radical (unpaired) electrons. The Morgan fingerprint density at radius 1 is 1.00 bits per heavy atom. The average molecular weight is 806 g/mol. The SMILES string of the molecule is COc1cc(-c2ncc3c(n2)CCCN3c2cc(C3CCOCC3)cc3c2cc(C)c(=O)n3C)cnc1C(=O)NCC#Cc1ccc2occ(C3CCC(=O)NC3=O)c2c1. The van der Waals surface area contributed by atoms with Crippen LogP contribution in [0.3, 0.4) is 0 Å². The van der Waals surface area contributed by atoms with E-state index in [0.29, 0.717) is 46.0 Å². The Kier molecular flexibility index (Phi) is 10.4. The normalized spacial score (nSPS) is 16.9. The molecule has 1 atom stereocenters. The predicted molar refractivity (Wildman–Crippen MR) is 224 cm³/mol. The van der Waals surface area contributed by atoms with Crippen LogP contribution in [0.4, 0.5) is 11.4 Å². The second-order valence-corrected chi connectivity index (χ2v) is 15.5.